The highest BCUT2D eigenvalue weighted by molar-refractivity contribution is 5.94. The Bertz CT molecular complexity index is 1470. The van der Waals surface area contributed by atoms with E-state index in [2.05, 4.69) is 6.07 Å². The molecule has 0 atom stereocenters. The van der Waals surface area contributed by atoms with Crippen molar-refractivity contribution >= 4 is 16.9 Å². The summed E-state index contributed by atoms with van der Waals surface area (Å²) < 4.78 is 37.7. The van der Waals surface area contributed by atoms with E-state index in [1.807, 2.05) is 12.1 Å². The number of benzene rings is 3. The first-order valence-corrected chi connectivity index (χ1v) is 11.8. The molecular formula is C29H27FN2O5. The van der Waals surface area contributed by atoms with Crippen molar-refractivity contribution in [1.29, 1.82) is 5.26 Å². The van der Waals surface area contributed by atoms with Gasteiger partial charge in [0.2, 0.25) is 0 Å². The molecule has 0 aliphatic rings. The molecule has 0 saturated carbocycles. The highest BCUT2D eigenvalue weighted by Crippen LogP contribution is 2.35. The highest BCUT2D eigenvalue weighted by Gasteiger charge is 2.18. The molecule has 1 aromatic heterocycles. The fourth-order valence-corrected chi connectivity index (χ4v) is 4.14. The first-order chi connectivity index (χ1) is 18.0. The standard InChI is InChI=1S/C29H27FN2O5/c1-3-35-27(33)13-20-8-7-18(14-31)11-26(20)36-16-19-9-22-12-23(17-34-2)37-29(22)25(10-19)24-6-4-5-21(15-32)28(24)30/h4-12H,3,13,15-17,32H2,1-2H3. The van der Waals surface area contributed by atoms with Gasteiger partial charge >= 0.3 is 5.97 Å². The number of nitrogens with two attached hydrogens (primary N) is 1. The number of nitrogens with zero attached hydrogens (tertiary/aromatic N) is 1. The first-order valence-electron chi connectivity index (χ1n) is 11.8. The summed E-state index contributed by atoms with van der Waals surface area (Å²) in [7, 11) is 1.57. The van der Waals surface area contributed by atoms with E-state index in [9.17, 15) is 10.1 Å². The maximum absolute atomic E-state index is 15.3. The fourth-order valence-electron chi connectivity index (χ4n) is 4.14. The smallest absolute Gasteiger partial charge is 0.310 e. The zero-order valence-corrected chi connectivity index (χ0v) is 20.7. The van der Waals surface area contributed by atoms with Crippen molar-refractivity contribution in [2.75, 3.05) is 13.7 Å². The number of esters is 1. The monoisotopic (exact) mass is 502 g/mol. The van der Waals surface area contributed by atoms with Crippen molar-refractivity contribution in [3.63, 3.8) is 0 Å². The Morgan fingerprint density at radius 2 is 1.92 bits per heavy atom. The minimum atomic E-state index is -0.410. The molecule has 0 aliphatic carbocycles. The average Bonchev–Trinajstić information content (AvgIpc) is 3.30. The number of nitriles is 1. The summed E-state index contributed by atoms with van der Waals surface area (Å²) in [4.78, 5) is 12.1. The summed E-state index contributed by atoms with van der Waals surface area (Å²) in [5.41, 5.74) is 9.33. The van der Waals surface area contributed by atoms with Crippen LogP contribution in [-0.2, 0) is 40.4 Å². The number of furan rings is 1. The number of fused-ring (bicyclic) bond motifs is 1. The van der Waals surface area contributed by atoms with Gasteiger partial charge in [0.05, 0.1) is 24.7 Å². The Labute approximate surface area is 214 Å². The number of hydrogen-bond donors (Lipinski definition) is 1. The molecule has 0 fully saturated rings. The number of hydrogen-bond acceptors (Lipinski definition) is 7. The summed E-state index contributed by atoms with van der Waals surface area (Å²) in [5, 5.41) is 10.1. The molecule has 190 valence electrons. The van der Waals surface area contributed by atoms with E-state index < -0.39 is 5.82 Å². The number of methoxy groups -OCH3 is 1. The van der Waals surface area contributed by atoms with Crippen LogP contribution in [0.4, 0.5) is 4.39 Å². The van der Waals surface area contributed by atoms with Gasteiger partial charge in [0, 0.05) is 41.3 Å². The zero-order valence-electron chi connectivity index (χ0n) is 20.7. The maximum Gasteiger partial charge on any atom is 0.310 e. The Kier molecular flexibility index (Phi) is 8.18. The van der Waals surface area contributed by atoms with Gasteiger partial charge in [-0.1, -0.05) is 24.3 Å². The van der Waals surface area contributed by atoms with Crippen molar-refractivity contribution in [2.24, 2.45) is 5.73 Å². The molecule has 0 unspecified atom stereocenters. The summed E-state index contributed by atoms with van der Waals surface area (Å²) in [6, 6.07) is 17.6. The van der Waals surface area contributed by atoms with E-state index in [0.29, 0.717) is 44.9 Å². The second-order valence-electron chi connectivity index (χ2n) is 8.40. The van der Waals surface area contributed by atoms with Crippen LogP contribution in [0.3, 0.4) is 0 Å². The van der Waals surface area contributed by atoms with Crippen molar-refractivity contribution in [3.8, 4) is 22.9 Å². The average molecular weight is 503 g/mol. The van der Waals surface area contributed by atoms with Gasteiger partial charge in [-0.25, -0.2) is 4.39 Å². The molecule has 1 heterocycles. The minimum Gasteiger partial charge on any atom is -0.489 e. The number of carbonyl (C=O) groups is 1. The molecule has 7 nitrogen and oxygen atoms in total. The van der Waals surface area contributed by atoms with E-state index in [1.54, 1.807) is 56.5 Å². The normalized spacial score (nSPS) is 10.9. The van der Waals surface area contributed by atoms with Gasteiger partial charge in [-0.05, 0) is 42.8 Å². The van der Waals surface area contributed by atoms with Crippen LogP contribution in [0.1, 0.15) is 34.9 Å². The first kappa shape index (κ1) is 25.9. The summed E-state index contributed by atoms with van der Waals surface area (Å²) in [6.45, 7) is 2.45. The topological polar surface area (TPSA) is 108 Å². The lowest BCUT2D eigenvalue weighted by atomic mass is 9.98. The lowest BCUT2D eigenvalue weighted by molar-refractivity contribution is -0.142. The SMILES string of the molecule is CCOC(=O)Cc1ccc(C#N)cc1OCc1cc(-c2cccc(CN)c2F)c2oc(COC)cc2c1. The number of rotatable bonds is 10. The van der Waals surface area contributed by atoms with Crippen LogP contribution in [0.2, 0.25) is 0 Å². The quantitative estimate of drug-likeness (QED) is 0.289. The lowest BCUT2D eigenvalue weighted by Gasteiger charge is -2.14. The predicted octanol–water partition coefficient (Wildman–Crippen LogP) is 5.40. The Morgan fingerprint density at radius 1 is 1.08 bits per heavy atom. The third kappa shape index (κ3) is 5.80. The van der Waals surface area contributed by atoms with Crippen LogP contribution < -0.4 is 10.5 Å². The molecule has 8 heteroatoms. The van der Waals surface area contributed by atoms with Crippen LogP contribution >= 0.6 is 0 Å². The molecule has 0 radical (unpaired) electrons. The largest absolute Gasteiger partial charge is 0.489 e. The second-order valence-corrected chi connectivity index (χ2v) is 8.40. The van der Waals surface area contributed by atoms with E-state index >= 15 is 4.39 Å². The van der Waals surface area contributed by atoms with E-state index in [1.165, 1.54) is 0 Å². The molecular weight excluding hydrogens is 475 g/mol. The Balaban J connectivity index is 1.74. The fraction of sp³-hybridized carbons (Fsp3) is 0.241. The van der Waals surface area contributed by atoms with Crippen LogP contribution in [0.25, 0.3) is 22.1 Å². The summed E-state index contributed by atoms with van der Waals surface area (Å²) >= 11 is 0. The van der Waals surface area contributed by atoms with Crippen LogP contribution in [0.5, 0.6) is 5.75 Å². The van der Waals surface area contributed by atoms with Gasteiger partial charge in [0.15, 0.2) is 0 Å². The Morgan fingerprint density at radius 3 is 2.65 bits per heavy atom. The maximum atomic E-state index is 15.3. The third-order valence-electron chi connectivity index (χ3n) is 5.83. The van der Waals surface area contributed by atoms with Crippen molar-refractivity contribution in [3.05, 3.63) is 88.4 Å². The van der Waals surface area contributed by atoms with Gasteiger partial charge in [0.25, 0.3) is 0 Å². The van der Waals surface area contributed by atoms with E-state index in [4.69, 9.17) is 24.4 Å². The zero-order chi connectivity index (χ0) is 26.4. The van der Waals surface area contributed by atoms with Crippen LogP contribution in [0.15, 0.2) is 59.0 Å². The molecule has 3 aromatic carbocycles. The van der Waals surface area contributed by atoms with Gasteiger partial charge < -0.3 is 24.4 Å². The summed E-state index contributed by atoms with van der Waals surface area (Å²) in [6.07, 6.45) is 0.0123. The van der Waals surface area contributed by atoms with Crippen LogP contribution in [-0.4, -0.2) is 19.7 Å². The molecule has 4 aromatic rings. The molecule has 37 heavy (non-hydrogen) atoms. The predicted molar refractivity (Wildman–Crippen MR) is 136 cm³/mol. The number of halogens is 1. The van der Waals surface area contributed by atoms with E-state index in [0.717, 1.165) is 10.9 Å². The Hall–Kier alpha value is -4.19. The highest BCUT2D eigenvalue weighted by atomic mass is 19.1. The van der Waals surface area contributed by atoms with Crippen molar-refractivity contribution < 1.29 is 27.8 Å². The van der Waals surface area contributed by atoms with Crippen LogP contribution in [0, 0.1) is 17.1 Å². The summed E-state index contributed by atoms with van der Waals surface area (Å²) in [5.74, 6) is 0.204. The molecule has 4 rings (SSSR count). The van der Waals surface area contributed by atoms with Gasteiger partial charge in [-0.15, -0.1) is 0 Å². The second kappa shape index (κ2) is 11.7. The molecule has 0 spiro atoms. The van der Waals surface area contributed by atoms with Crippen molar-refractivity contribution in [1.82, 2.24) is 0 Å². The third-order valence-corrected chi connectivity index (χ3v) is 5.83. The number of carbonyl (C=O) groups excluding carboxylic acids is 1. The van der Waals surface area contributed by atoms with Gasteiger partial charge in [-0.3, -0.25) is 4.79 Å². The minimum absolute atomic E-state index is 0.0123. The van der Waals surface area contributed by atoms with Crippen molar-refractivity contribution in [2.45, 2.75) is 33.1 Å². The molecule has 2 N–H and O–H groups in total. The molecule has 0 saturated heterocycles. The van der Waals surface area contributed by atoms with Gasteiger partial charge in [-0.2, -0.15) is 5.26 Å². The van der Waals surface area contributed by atoms with E-state index in [-0.39, 0.29) is 38.8 Å². The number of ether oxygens (including phenoxy) is 3. The van der Waals surface area contributed by atoms with Gasteiger partial charge in [0.1, 0.15) is 36.1 Å². The molecule has 0 bridgehead atoms. The molecule has 0 aliphatic heterocycles. The lowest BCUT2D eigenvalue weighted by Crippen LogP contribution is -2.09. The molecule has 0 amide bonds.